The summed E-state index contributed by atoms with van der Waals surface area (Å²) < 4.78 is 0. The molecule has 0 radical (unpaired) electrons. The number of carbonyl (C=O) groups is 1. The summed E-state index contributed by atoms with van der Waals surface area (Å²) in [5, 5.41) is 7.30. The molecule has 1 aliphatic rings. The third-order valence-corrected chi connectivity index (χ3v) is 4.60. The minimum absolute atomic E-state index is 0.112. The molecule has 6 nitrogen and oxygen atoms in total. The lowest BCUT2D eigenvalue weighted by molar-refractivity contribution is 0.0747. The Labute approximate surface area is 143 Å². The van der Waals surface area contributed by atoms with Crippen LogP contribution in [0.2, 0.25) is 0 Å². The highest BCUT2D eigenvalue weighted by Gasteiger charge is 2.24. The fourth-order valence-electron chi connectivity index (χ4n) is 3.23. The first-order valence-corrected chi connectivity index (χ1v) is 8.30. The SMILES string of the molecule is Cc1n[nH]c(C)c1N1CCN(C(=O)c2ccc(N(C)C)cc2)CC1. The summed E-state index contributed by atoms with van der Waals surface area (Å²) in [6.07, 6.45) is 0. The Hall–Kier alpha value is -2.50. The first kappa shape index (κ1) is 16.4. The number of rotatable bonds is 3. The van der Waals surface area contributed by atoms with Crippen LogP contribution < -0.4 is 9.80 Å². The molecule has 2 aromatic rings. The van der Waals surface area contributed by atoms with E-state index in [2.05, 4.69) is 15.1 Å². The van der Waals surface area contributed by atoms with Crippen molar-refractivity contribution in [2.24, 2.45) is 0 Å². The lowest BCUT2D eigenvalue weighted by Gasteiger charge is -2.36. The second-order valence-corrected chi connectivity index (χ2v) is 6.50. The highest BCUT2D eigenvalue weighted by molar-refractivity contribution is 5.94. The van der Waals surface area contributed by atoms with Crippen LogP contribution >= 0.6 is 0 Å². The van der Waals surface area contributed by atoms with E-state index in [4.69, 9.17) is 0 Å². The van der Waals surface area contributed by atoms with Crippen molar-refractivity contribution in [1.82, 2.24) is 15.1 Å². The van der Waals surface area contributed by atoms with Crippen LogP contribution in [0.15, 0.2) is 24.3 Å². The molecule has 1 fully saturated rings. The Kier molecular flexibility index (Phi) is 4.46. The first-order valence-electron chi connectivity index (χ1n) is 8.30. The fraction of sp³-hybridized carbons (Fsp3) is 0.444. The van der Waals surface area contributed by atoms with E-state index in [9.17, 15) is 4.79 Å². The van der Waals surface area contributed by atoms with Crippen molar-refractivity contribution in [2.75, 3.05) is 50.1 Å². The van der Waals surface area contributed by atoms with Crippen molar-refractivity contribution in [3.63, 3.8) is 0 Å². The molecule has 6 heteroatoms. The molecular formula is C18H25N5O. The molecule has 128 valence electrons. The second kappa shape index (κ2) is 6.55. The molecule has 1 aromatic carbocycles. The molecule has 1 saturated heterocycles. The number of amides is 1. The summed E-state index contributed by atoms with van der Waals surface area (Å²) in [5.41, 5.74) is 5.14. The monoisotopic (exact) mass is 327 g/mol. The summed E-state index contributed by atoms with van der Waals surface area (Å²) in [5.74, 6) is 0.112. The summed E-state index contributed by atoms with van der Waals surface area (Å²) in [6.45, 7) is 7.20. The Morgan fingerprint density at radius 1 is 1.08 bits per heavy atom. The van der Waals surface area contributed by atoms with Gasteiger partial charge in [0.25, 0.3) is 5.91 Å². The van der Waals surface area contributed by atoms with E-state index in [0.29, 0.717) is 0 Å². The number of carbonyl (C=O) groups excluding carboxylic acids is 1. The predicted octanol–water partition coefficient (Wildman–Crippen LogP) is 2.05. The number of nitrogens with one attached hydrogen (secondary N) is 1. The van der Waals surface area contributed by atoms with Crippen molar-refractivity contribution in [3.05, 3.63) is 41.2 Å². The number of hydrogen-bond acceptors (Lipinski definition) is 4. The largest absolute Gasteiger partial charge is 0.378 e. The number of aromatic amines is 1. The van der Waals surface area contributed by atoms with Crippen LogP contribution in [0, 0.1) is 13.8 Å². The Morgan fingerprint density at radius 3 is 2.21 bits per heavy atom. The Balaban J connectivity index is 1.65. The second-order valence-electron chi connectivity index (χ2n) is 6.50. The van der Waals surface area contributed by atoms with Gasteiger partial charge in [0.2, 0.25) is 0 Å². The van der Waals surface area contributed by atoms with Crippen LogP contribution in [0.1, 0.15) is 21.7 Å². The fourth-order valence-corrected chi connectivity index (χ4v) is 3.23. The molecule has 0 bridgehead atoms. The minimum Gasteiger partial charge on any atom is -0.378 e. The average molecular weight is 327 g/mol. The van der Waals surface area contributed by atoms with Crippen LogP contribution in [0.3, 0.4) is 0 Å². The highest BCUT2D eigenvalue weighted by atomic mass is 16.2. The minimum atomic E-state index is 0.112. The number of H-pyrrole nitrogens is 1. The Bertz CT molecular complexity index is 692. The molecule has 1 aromatic heterocycles. The van der Waals surface area contributed by atoms with Crippen LogP contribution in [0.25, 0.3) is 0 Å². The number of piperazine rings is 1. The molecule has 0 unspecified atom stereocenters. The molecular weight excluding hydrogens is 302 g/mol. The topological polar surface area (TPSA) is 55.5 Å². The summed E-state index contributed by atoms with van der Waals surface area (Å²) in [7, 11) is 3.99. The van der Waals surface area contributed by atoms with Gasteiger partial charge in [-0.2, -0.15) is 5.10 Å². The highest BCUT2D eigenvalue weighted by Crippen LogP contribution is 2.24. The van der Waals surface area contributed by atoms with Crippen LogP contribution in [0.5, 0.6) is 0 Å². The third-order valence-electron chi connectivity index (χ3n) is 4.60. The zero-order valence-electron chi connectivity index (χ0n) is 14.8. The van der Waals surface area contributed by atoms with E-state index in [-0.39, 0.29) is 5.91 Å². The van der Waals surface area contributed by atoms with E-state index in [1.165, 1.54) is 5.69 Å². The molecule has 0 aliphatic carbocycles. The van der Waals surface area contributed by atoms with Crippen LogP contribution in [-0.2, 0) is 0 Å². The van der Waals surface area contributed by atoms with Gasteiger partial charge in [0.05, 0.1) is 17.1 Å². The molecule has 0 atom stereocenters. The van der Waals surface area contributed by atoms with Gasteiger partial charge < -0.3 is 14.7 Å². The number of nitrogens with zero attached hydrogens (tertiary/aromatic N) is 4. The normalized spacial score (nSPS) is 14.8. The van der Waals surface area contributed by atoms with Gasteiger partial charge in [-0.1, -0.05) is 0 Å². The van der Waals surface area contributed by atoms with Gasteiger partial charge in [-0.25, -0.2) is 0 Å². The number of anilines is 2. The van der Waals surface area contributed by atoms with Gasteiger partial charge in [-0.05, 0) is 38.1 Å². The van der Waals surface area contributed by atoms with Gasteiger partial charge in [0.15, 0.2) is 0 Å². The number of aryl methyl sites for hydroxylation is 2. The quantitative estimate of drug-likeness (QED) is 0.937. The molecule has 1 N–H and O–H groups in total. The molecule has 1 amide bonds. The molecule has 3 rings (SSSR count). The zero-order chi connectivity index (χ0) is 17.3. The smallest absolute Gasteiger partial charge is 0.253 e. The summed E-state index contributed by atoms with van der Waals surface area (Å²) in [6, 6.07) is 7.80. The van der Waals surface area contributed by atoms with Crippen LogP contribution in [0.4, 0.5) is 11.4 Å². The van der Waals surface area contributed by atoms with Crippen molar-refractivity contribution in [3.8, 4) is 0 Å². The summed E-state index contributed by atoms with van der Waals surface area (Å²) in [4.78, 5) is 19.0. The van der Waals surface area contributed by atoms with Crippen molar-refractivity contribution < 1.29 is 4.79 Å². The zero-order valence-corrected chi connectivity index (χ0v) is 14.8. The number of benzene rings is 1. The standard InChI is InChI=1S/C18H25N5O/c1-13-17(14(2)20-19-13)22-9-11-23(12-10-22)18(24)15-5-7-16(8-6-15)21(3)4/h5-8H,9-12H2,1-4H3,(H,19,20). The van der Waals surface area contributed by atoms with E-state index in [0.717, 1.165) is 48.8 Å². The van der Waals surface area contributed by atoms with E-state index < -0.39 is 0 Å². The van der Waals surface area contributed by atoms with Gasteiger partial charge in [0.1, 0.15) is 0 Å². The molecule has 1 aliphatic heterocycles. The van der Waals surface area contributed by atoms with Crippen LogP contribution in [-0.4, -0.2) is 61.3 Å². The third kappa shape index (κ3) is 3.09. The maximum atomic E-state index is 12.7. The van der Waals surface area contributed by atoms with Crippen molar-refractivity contribution in [2.45, 2.75) is 13.8 Å². The number of hydrogen-bond donors (Lipinski definition) is 1. The summed E-state index contributed by atoms with van der Waals surface area (Å²) >= 11 is 0. The lowest BCUT2D eigenvalue weighted by Crippen LogP contribution is -2.49. The van der Waals surface area contributed by atoms with E-state index in [1.807, 2.05) is 62.0 Å². The van der Waals surface area contributed by atoms with Gasteiger partial charge in [-0.3, -0.25) is 9.89 Å². The van der Waals surface area contributed by atoms with Crippen molar-refractivity contribution in [1.29, 1.82) is 0 Å². The van der Waals surface area contributed by atoms with Gasteiger partial charge >= 0.3 is 0 Å². The predicted molar refractivity (Wildman–Crippen MR) is 96.9 cm³/mol. The molecule has 2 heterocycles. The van der Waals surface area contributed by atoms with Crippen molar-refractivity contribution >= 4 is 17.3 Å². The average Bonchev–Trinajstić information content (AvgIpc) is 2.93. The maximum absolute atomic E-state index is 12.7. The van der Waals surface area contributed by atoms with E-state index >= 15 is 0 Å². The molecule has 0 saturated carbocycles. The van der Waals surface area contributed by atoms with Gasteiger partial charge in [0, 0.05) is 51.5 Å². The lowest BCUT2D eigenvalue weighted by atomic mass is 10.1. The molecule has 0 spiro atoms. The Morgan fingerprint density at radius 2 is 1.71 bits per heavy atom. The van der Waals surface area contributed by atoms with Gasteiger partial charge in [-0.15, -0.1) is 0 Å². The number of aromatic nitrogens is 2. The first-order chi connectivity index (χ1) is 11.5. The molecule has 24 heavy (non-hydrogen) atoms. The maximum Gasteiger partial charge on any atom is 0.253 e. The van der Waals surface area contributed by atoms with E-state index in [1.54, 1.807) is 0 Å².